The Labute approximate surface area is 213 Å². The molecule has 0 aliphatic carbocycles. The van der Waals surface area contributed by atoms with Crippen molar-refractivity contribution in [1.82, 2.24) is 16.0 Å². The fourth-order valence-electron chi connectivity index (χ4n) is 2.92. The van der Waals surface area contributed by atoms with Crippen LogP contribution in [0.2, 0.25) is 0 Å². The van der Waals surface area contributed by atoms with E-state index >= 15 is 0 Å². The quantitative estimate of drug-likeness (QED) is 0.114. The van der Waals surface area contributed by atoms with E-state index in [0.29, 0.717) is 19.5 Å². The van der Waals surface area contributed by atoms with Gasteiger partial charge in [-0.25, -0.2) is 9.59 Å². The molecule has 0 radical (unpaired) electrons. The van der Waals surface area contributed by atoms with Gasteiger partial charge in [-0.3, -0.25) is 14.4 Å². The first-order chi connectivity index (χ1) is 16.6. The Bertz CT molecular complexity index is 743. The van der Waals surface area contributed by atoms with Gasteiger partial charge in [0.25, 0.3) is 0 Å². The third kappa shape index (κ3) is 15.9. The molecule has 0 heterocycles. The minimum Gasteiger partial charge on any atom is -0.468 e. The summed E-state index contributed by atoms with van der Waals surface area (Å²) in [7, 11) is 1.17. The average Bonchev–Trinajstić information content (AvgIpc) is 2.74. The lowest BCUT2D eigenvalue weighted by Gasteiger charge is -2.25. The summed E-state index contributed by atoms with van der Waals surface area (Å²) < 4.78 is 15.3. The van der Waals surface area contributed by atoms with Gasteiger partial charge >= 0.3 is 23.9 Å². The van der Waals surface area contributed by atoms with Gasteiger partial charge in [-0.15, -0.1) is 0 Å². The zero-order valence-corrected chi connectivity index (χ0v) is 22.7. The fraction of sp³-hybridized carbons (Fsp3) is 0.792. The molecule has 208 valence electrons. The average molecular weight is 517 g/mol. The number of carbonyl (C=O) groups excluding carboxylic acids is 5. The minimum atomic E-state index is -1.11. The maximum Gasteiger partial charge on any atom is 0.329 e. The van der Waals surface area contributed by atoms with E-state index in [9.17, 15) is 24.0 Å². The van der Waals surface area contributed by atoms with Crippen molar-refractivity contribution in [3.05, 3.63) is 0 Å². The number of rotatable bonds is 14. The molecule has 0 aromatic rings. The number of hydrogen-bond donors (Lipinski definition) is 4. The SMILES string of the molecule is COC(=O)C(CCNC(=O)NC(CCC(=O)OC(C)(C)C)C(=O)OC(C)(C)C)C(=O)NCCCCN. The summed E-state index contributed by atoms with van der Waals surface area (Å²) in [5.74, 6) is -3.56. The first-order valence-corrected chi connectivity index (χ1v) is 12.1. The molecule has 0 aliphatic rings. The maximum atomic E-state index is 12.6. The number of ether oxygens (including phenoxy) is 3. The molecule has 0 fully saturated rings. The number of amides is 3. The third-order valence-electron chi connectivity index (χ3n) is 4.50. The van der Waals surface area contributed by atoms with Crippen molar-refractivity contribution in [2.24, 2.45) is 11.7 Å². The summed E-state index contributed by atoms with van der Waals surface area (Å²) in [6.45, 7) is 11.1. The topological polar surface area (TPSA) is 175 Å². The standard InChI is InChI=1S/C24H44N4O8/c1-23(2,3)35-18(29)11-10-17(21(32)36-24(4,5)6)28-22(33)27-15-12-16(20(31)34-7)19(30)26-14-9-8-13-25/h16-17H,8-15,25H2,1-7H3,(H,26,30)(H2,27,28,33). The van der Waals surface area contributed by atoms with E-state index in [1.165, 1.54) is 7.11 Å². The van der Waals surface area contributed by atoms with Crippen LogP contribution in [0.3, 0.4) is 0 Å². The number of esters is 3. The molecule has 12 nitrogen and oxygen atoms in total. The Morgan fingerprint density at radius 1 is 0.806 bits per heavy atom. The molecule has 3 amide bonds. The highest BCUT2D eigenvalue weighted by atomic mass is 16.6. The summed E-state index contributed by atoms with van der Waals surface area (Å²) in [5.41, 5.74) is 3.94. The molecule has 0 aliphatic heterocycles. The predicted molar refractivity (Wildman–Crippen MR) is 133 cm³/mol. The second-order valence-electron chi connectivity index (χ2n) is 10.3. The van der Waals surface area contributed by atoms with Gasteiger partial charge in [-0.05, 0) is 73.8 Å². The van der Waals surface area contributed by atoms with Crippen molar-refractivity contribution in [1.29, 1.82) is 0 Å². The Kier molecular flexibility index (Phi) is 14.7. The van der Waals surface area contributed by atoms with Gasteiger partial charge in [0.2, 0.25) is 5.91 Å². The van der Waals surface area contributed by atoms with Crippen LogP contribution in [-0.2, 0) is 33.4 Å². The minimum absolute atomic E-state index is 0.0160. The van der Waals surface area contributed by atoms with Gasteiger partial charge in [0.15, 0.2) is 0 Å². The summed E-state index contributed by atoms with van der Waals surface area (Å²) in [4.78, 5) is 61.5. The lowest BCUT2D eigenvalue weighted by Crippen LogP contribution is -2.49. The normalized spacial score (nSPS) is 13.1. The molecule has 0 saturated heterocycles. The lowest BCUT2D eigenvalue weighted by atomic mass is 10.0. The summed E-state index contributed by atoms with van der Waals surface area (Å²) in [5, 5.41) is 7.66. The maximum absolute atomic E-state index is 12.6. The van der Waals surface area contributed by atoms with Crippen LogP contribution in [0.15, 0.2) is 0 Å². The number of nitrogens with one attached hydrogen (secondary N) is 3. The van der Waals surface area contributed by atoms with Crippen LogP contribution in [0.25, 0.3) is 0 Å². The molecule has 5 N–H and O–H groups in total. The monoisotopic (exact) mass is 516 g/mol. The summed E-state index contributed by atoms with van der Waals surface area (Å²) in [6.07, 6.45) is 1.24. The number of hydrogen-bond acceptors (Lipinski definition) is 9. The van der Waals surface area contributed by atoms with E-state index < -0.39 is 53.0 Å². The van der Waals surface area contributed by atoms with Crippen molar-refractivity contribution < 1.29 is 38.2 Å². The molecule has 0 spiro atoms. The number of urea groups is 1. The molecular formula is C24H44N4O8. The zero-order chi connectivity index (χ0) is 27.9. The summed E-state index contributed by atoms with van der Waals surface area (Å²) in [6, 6.07) is -1.83. The Morgan fingerprint density at radius 2 is 1.42 bits per heavy atom. The van der Waals surface area contributed by atoms with E-state index in [0.717, 1.165) is 6.42 Å². The molecule has 0 saturated carbocycles. The van der Waals surface area contributed by atoms with Crippen LogP contribution >= 0.6 is 0 Å². The molecule has 0 aromatic carbocycles. The van der Waals surface area contributed by atoms with E-state index in [-0.39, 0.29) is 25.8 Å². The van der Waals surface area contributed by atoms with Crippen LogP contribution in [0.4, 0.5) is 4.79 Å². The molecular weight excluding hydrogens is 472 g/mol. The predicted octanol–water partition coefficient (Wildman–Crippen LogP) is 1.15. The van der Waals surface area contributed by atoms with Gasteiger partial charge in [-0.2, -0.15) is 0 Å². The summed E-state index contributed by atoms with van der Waals surface area (Å²) >= 11 is 0. The smallest absolute Gasteiger partial charge is 0.329 e. The van der Waals surface area contributed by atoms with Crippen LogP contribution in [0.1, 0.15) is 73.6 Å². The van der Waals surface area contributed by atoms with Crippen molar-refractivity contribution in [2.45, 2.75) is 90.9 Å². The van der Waals surface area contributed by atoms with E-state index in [1.54, 1.807) is 41.5 Å². The second kappa shape index (κ2) is 16.0. The van der Waals surface area contributed by atoms with Gasteiger partial charge in [0.05, 0.1) is 7.11 Å². The largest absolute Gasteiger partial charge is 0.468 e. The zero-order valence-electron chi connectivity index (χ0n) is 22.7. The van der Waals surface area contributed by atoms with E-state index in [1.807, 2.05) is 0 Å². The highest BCUT2D eigenvalue weighted by Gasteiger charge is 2.30. The van der Waals surface area contributed by atoms with E-state index in [4.69, 9.17) is 19.9 Å². The fourth-order valence-corrected chi connectivity index (χ4v) is 2.92. The van der Waals surface area contributed by atoms with Crippen LogP contribution in [0, 0.1) is 5.92 Å². The molecule has 36 heavy (non-hydrogen) atoms. The molecule has 2 unspecified atom stereocenters. The number of unbranched alkanes of at least 4 members (excludes halogenated alkanes) is 1. The van der Waals surface area contributed by atoms with Gasteiger partial charge in [0, 0.05) is 19.5 Å². The third-order valence-corrected chi connectivity index (χ3v) is 4.50. The highest BCUT2D eigenvalue weighted by molar-refractivity contribution is 5.97. The molecule has 0 aromatic heterocycles. The van der Waals surface area contributed by atoms with Crippen LogP contribution < -0.4 is 21.7 Å². The number of methoxy groups -OCH3 is 1. The molecule has 2 atom stereocenters. The van der Waals surface area contributed by atoms with Gasteiger partial charge in [-0.1, -0.05) is 0 Å². The Balaban J connectivity index is 5.01. The first kappa shape index (κ1) is 33.1. The second-order valence-corrected chi connectivity index (χ2v) is 10.3. The molecule has 0 rings (SSSR count). The van der Waals surface area contributed by atoms with Crippen molar-refractivity contribution >= 4 is 29.8 Å². The Hall–Kier alpha value is -2.89. The molecule has 12 heteroatoms. The Morgan fingerprint density at radius 3 is 1.94 bits per heavy atom. The van der Waals surface area contributed by atoms with E-state index in [2.05, 4.69) is 16.0 Å². The van der Waals surface area contributed by atoms with Crippen molar-refractivity contribution in [3.8, 4) is 0 Å². The highest BCUT2D eigenvalue weighted by Crippen LogP contribution is 2.13. The van der Waals surface area contributed by atoms with Crippen LogP contribution in [0.5, 0.6) is 0 Å². The van der Waals surface area contributed by atoms with Crippen molar-refractivity contribution in [3.63, 3.8) is 0 Å². The van der Waals surface area contributed by atoms with Gasteiger partial charge < -0.3 is 35.9 Å². The first-order valence-electron chi connectivity index (χ1n) is 12.1. The lowest BCUT2D eigenvalue weighted by molar-refractivity contribution is -0.158. The van der Waals surface area contributed by atoms with Crippen LogP contribution in [-0.4, -0.2) is 73.8 Å². The number of carbonyl (C=O) groups is 5. The van der Waals surface area contributed by atoms with Crippen molar-refractivity contribution in [2.75, 3.05) is 26.7 Å². The molecule has 0 bridgehead atoms. The van der Waals surface area contributed by atoms with Gasteiger partial charge in [0.1, 0.15) is 23.2 Å². The number of nitrogens with two attached hydrogens (primary N) is 1.